The highest BCUT2D eigenvalue weighted by Crippen LogP contribution is 1.91. The quantitative estimate of drug-likeness (QED) is 0.317. The second-order valence-electron chi connectivity index (χ2n) is 1.48. The first-order valence-corrected chi connectivity index (χ1v) is 3.51. The lowest BCUT2D eigenvalue weighted by molar-refractivity contribution is 0.603. The molecule has 0 aliphatic rings. The maximum atomic E-state index is 9.76. The molecule has 44 valence electrons. The number of unbranched alkanes of at least 4 members (excludes halogenated alkanes) is 2. The molecule has 1 nitrogen and oxygen atoms in total. The van der Waals surface area contributed by atoms with Gasteiger partial charge in [0, 0.05) is 17.1 Å². The van der Waals surface area contributed by atoms with Crippen LogP contribution in [0.4, 0.5) is 0 Å². The van der Waals surface area contributed by atoms with E-state index in [1.807, 2.05) is 0 Å². The molecule has 0 aromatic rings. The van der Waals surface area contributed by atoms with E-state index in [9.17, 15) is 4.21 Å². The summed E-state index contributed by atoms with van der Waals surface area (Å²) in [4.78, 5) is 0. The molecule has 0 aliphatic carbocycles. The molecule has 0 rings (SSSR count). The smallest absolute Gasteiger partial charge is 0.120 e. The zero-order chi connectivity index (χ0) is 6.24. The van der Waals surface area contributed by atoms with Gasteiger partial charge in [-0.2, -0.15) is 0 Å². The molecule has 0 amide bonds. The van der Waals surface area contributed by atoms with Gasteiger partial charge < -0.3 is 0 Å². The van der Waals surface area contributed by atoms with Crippen molar-refractivity contribution in [2.45, 2.75) is 19.3 Å². The fourth-order valence-corrected chi connectivity index (χ4v) is 0.710. The Morgan fingerprint density at radius 2 is 2.25 bits per heavy atom. The maximum absolute atomic E-state index is 9.76. The Morgan fingerprint density at radius 1 is 1.50 bits per heavy atom. The third-order valence-corrected chi connectivity index (χ3v) is 1.25. The molecule has 0 aromatic carbocycles. The van der Waals surface area contributed by atoms with E-state index in [0.29, 0.717) is 17.4 Å². The average molecular weight is 129 g/mol. The van der Waals surface area contributed by atoms with Crippen LogP contribution < -0.4 is 0 Å². The first kappa shape index (κ1) is 7.58. The molecule has 2 heteroatoms. The number of hydrogen-bond donors (Lipinski definition) is 0. The largest absolute Gasteiger partial charge is 0.458 e. The van der Waals surface area contributed by atoms with Gasteiger partial charge >= 0.3 is 11.7 Å². The van der Waals surface area contributed by atoms with Gasteiger partial charge in [-0.1, -0.05) is 0 Å². The molecule has 0 unspecified atom stereocenters. The van der Waals surface area contributed by atoms with Gasteiger partial charge in [0.15, 0.2) is 0 Å². The average Bonchev–Trinajstić information content (AvgIpc) is 1.81. The van der Waals surface area contributed by atoms with Crippen molar-refractivity contribution in [3.05, 3.63) is 0 Å². The van der Waals surface area contributed by atoms with Gasteiger partial charge in [-0.05, 0) is 6.42 Å². The van der Waals surface area contributed by atoms with Gasteiger partial charge in [-0.3, -0.25) is 0 Å². The molecule has 0 N–H and O–H groups in total. The van der Waals surface area contributed by atoms with E-state index < -0.39 is 0 Å². The highest BCUT2D eigenvalue weighted by Gasteiger charge is 1.94. The van der Waals surface area contributed by atoms with Crippen molar-refractivity contribution in [2.24, 2.45) is 0 Å². The van der Waals surface area contributed by atoms with Gasteiger partial charge in [-0.15, -0.1) is 12.3 Å². The summed E-state index contributed by atoms with van der Waals surface area (Å²) in [6.07, 6.45) is 7.73. The Hall–Kier alpha value is -0.420. The topological polar surface area (TPSA) is 17.1 Å². The summed E-state index contributed by atoms with van der Waals surface area (Å²) < 4.78 is 9.76. The Labute approximate surface area is 54.0 Å². The molecular formula is C6H9OS+. The van der Waals surface area contributed by atoms with Crippen LogP contribution in [0.1, 0.15) is 19.3 Å². The third-order valence-electron chi connectivity index (χ3n) is 0.799. The fourth-order valence-electron chi connectivity index (χ4n) is 0.388. The Kier molecular flexibility index (Phi) is 6.23. The van der Waals surface area contributed by atoms with Gasteiger partial charge in [0.1, 0.15) is 0 Å². The lowest BCUT2D eigenvalue weighted by atomic mass is 10.3. The normalized spacial score (nSPS) is 7.88. The van der Waals surface area contributed by atoms with Gasteiger partial charge in [0.2, 0.25) is 5.75 Å². The van der Waals surface area contributed by atoms with Crippen molar-refractivity contribution in [3.63, 3.8) is 0 Å². The van der Waals surface area contributed by atoms with E-state index in [0.717, 1.165) is 19.3 Å². The summed E-state index contributed by atoms with van der Waals surface area (Å²) in [5, 5.41) is 0. The van der Waals surface area contributed by atoms with Crippen LogP contribution in [-0.4, -0.2) is 5.75 Å². The van der Waals surface area contributed by atoms with Crippen LogP contribution in [0.25, 0.3) is 0 Å². The minimum Gasteiger partial charge on any atom is -0.120 e. The molecule has 8 heavy (non-hydrogen) atoms. The second kappa shape index (κ2) is 6.58. The van der Waals surface area contributed by atoms with E-state index in [1.165, 1.54) is 0 Å². The highest BCUT2D eigenvalue weighted by molar-refractivity contribution is 7.65. The first-order valence-electron chi connectivity index (χ1n) is 2.60. The molecule has 0 heterocycles. The van der Waals surface area contributed by atoms with Crippen molar-refractivity contribution in [2.75, 3.05) is 5.75 Å². The standard InChI is InChI=1S/C6H9OS/c1-2-3-4-5-6-8-7/h1H,3-6H2/q+1. The summed E-state index contributed by atoms with van der Waals surface area (Å²) in [7, 11) is 0. The van der Waals surface area contributed by atoms with Crippen molar-refractivity contribution >= 4 is 11.7 Å². The van der Waals surface area contributed by atoms with Crippen LogP contribution in [0.3, 0.4) is 0 Å². The van der Waals surface area contributed by atoms with E-state index in [2.05, 4.69) is 5.92 Å². The highest BCUT2D eigenvalue weighted by atomic mass is 32.1. The Morgan fingerprint density at radius 3 is 2.75 bits per heavy atom. The second-order valence-corrected chi connectivity index (χ2v) is 2.13. The molecule has 0 radical (unpaired) electrons. The zero-order valence-electron chi connectivity index (χ0n) is 4.72. The van der Waals surface area contributed by atoms with Crippen LogP contribution in [0, 0.1) is 12.3 Å². The SMILES string of the molecule is C#CCCCC[S+]=O. The number of terminal acetylenes is 1. The van der Waals surface area contributed by atoms with Crippen LogP contribution in [-0.2, 0) is 15.9 Å². The molecule has 0 saturated carbocycles. The predicted octanol–water partition coefficient (Wildman–Crippen LogP) is 1.22. The van der Waals surface area contributed by atoms with Crippen molar-refractivity contribution < 1.29 is 4.21 Å². The van der Waals surface area contributed by atoms with Gasteiger partial charge in [0.25, 0.3) is 0 Å². The van der Waals surface area contributed by atoms with Crippen LogP contribution in [0.2, 0.25) is 0 Å². The molecule has 0 atom stereocenters. The molecule has 0 fully saturated rings. The fraction of sp³-hybridized carbons (Fsp3) is 0.667. The van der Waals surface area contributed by atoms with E-state index in [1.54, 1.807) is 0 Å². The van der Waals surface area contributed by atoms with Crippen LogP contribution in [0.5, 0.6) is 0 Å². The monoisotopic (exact) mass is 129 g/mol. The third kappa shape index (κ3) is 5.58. The predicted molar refractivity (Wildman–Crippen MR) is 35.6 cm³/mol. The van der Waals surface area contributed by atoms with E-state index in [-0.39, 0.29) is 0 Å². The van der Waals surface area contributed by atoms with E-state index in [4.69, 9.17) is 6.42 Å². The zero-order valence-corrected chi connectivity index (χ0v) is 5.54. The summed E-state index contributed by atoms with van der Waals surface area (Å²) in [5.41, 5.74) is 0. The van der Waals surface area contributed by atoms with Crippen molar-refractivity contribution in [3.8, 4) is 12.3 Å². The van der Waals surface area contributed by atoms with Crippen LogP contribution in [0.15, 0.2) is 0 Å². The number of hydrogen-bond acceptors (Lipinski definition) is 1. The van der Waals surface area contributed by atoms with Crippen molar-refractivity contribution in [1.82, 2.24) is 0 Å². The van der Waals surface area contributed by atoms with E-state index >= 15 is 0 Å². The lowest BCUT2D eigenvalue weighted by Gasteiger charge is -1.79. The number of rotatable bonds is 4. The van der Waals surface area contributed by atoms with Crippen molar-refractivity contribution in [1.29, 1.82) is 0 Å². The minimum atomic E-state index is 0.633. The Bertz CT molecular complexity index is 93.2. The first-order chi connectivity index (χ1) is 3.91. The maximum Gasteiger partial charge on any atom is 0.458 e. The summed E-state index contributed by atoms with van der Waals surface area (Å²) in [6.45, 7) is 0. The van der Waals surface area contributed by atoms with Gasteiger partial charge in [-0.25, -0.2) is 0 Å². The Balaban J connectivity index is 2.74. The molecule has 0 bridgehead atoms. The lowest BCUT2D eigenvalue weighted by Crippen LogP contribution is -1.79. The van der Waals surface area contributed by atoms with Crippen LogP contribution >= 0.6 is 0 Å². The minimum absolute atomic E-state index is 0.633. The summed E-state index contributed by atoms with van der Waals surface area (Å²) in [6, 6.07) is 0. The molecule has 0 aromatic heterocycles. The molecule has 0 saturated heterocycles. The molecule has 0 spiro atoms. The molecule has 0 aliphatic heterocycles. The summed E-state index contributed by atoms with van der Waals surface area (Å²) in [5.74, 6) is 3.21. The molecular weight excluding hydrogens is 120 g/mol. The van der Waals surface area contributed by atoms with Gasteiger partial charge in [0.05, 0.1) is 0 Å². The summed E-state index contributed by atoms with van der Waals surface area (Å²) >= 11 is 0.633.